The Hall–Kier alpha value is -0.0800. The number of halogens is 1. The van der Waals surface area contributed by atoms with Crippen molar-refractivity contribution in [2.75, 3.05) is 26.8 Å². The van der Waals surface area contributed by atoms with E-state index in [1.807, 2.05) is 7.05 Å². The molecule has 2 aliphatic rings. The van der Waals surface area contributed by atoms with E-state index in [0.29, 0.717) is 18.2 Å². The summed E-state index contributed by atoms with van der Waals surface area (Å²) in [5.41, 5.74) is 0. The second kappa shape index (κ2) is 10.6. The third-order valence-electron chi connectivity index (χ3n) is 4.05. The van der Waals surface area contributed by atoms with E-state index >= 15 is 0 Å². The minimum atomic E-state index is 0. The molecule has 2 heterocycles. The molecule has 6 heteroatoms. The molecule has 0 aromatic rings. The van der Waals surface area contributed by atoms with Crippen molar-refractivity contribution >= 4 is 29.9 Å². The monoisotopic (exact) mass is 411 g/mol. The Morgan fingerprint density at radius 2 is 2.10 bits per heavy atom. The zero-order valence-electron chi connectivity index (χ0n) is 13.3. The summed E-state index contributed by atoms with van der Waals surface area (Å²) in [6, 6.07) is 0.431. The van der Waals surface area contributed by atoms with E-state index in [4.69, 9.17) is 9.47 Å². The van der Waals surface area contributed by atoms with Gasteiger partial charge in [0.15, 0.2) is 5.96 Å². The van der Waals surface area contributed by atoms with Gasteiger partial charge >= 0.3 is 0 Å². The Morgan fingerprint density at radius 3 is 2.71 bits per heavy atom. The molecule has 124 valence electrons. The third-order valence-corrected chi connectivity index (χ3v) is 4.05. The number of aliphatic imine (C=N–C) groups is 1. The second-order valence-electron chi connectivity index (χ2n) is 5.68. The van der Waals surface area contributed by atoms with E-state index in [-0.39, 0.29) is 24.0 Å². The molecule has 0 aromatic heterocycles. The van der Waals surface area contributed by atoms with Crippen LogP contribution >= 0.6 is 24.0 Å². The van der Waals surface area contributed by atoms with Crippen LogP contribution in [0.5, 0.6) is 0 Å². The van der Waals surface area contributed by atoms with Crippen molar-refractivity contribution in [2.45, 2.75) is 63.7 Å². The highest BCUT2D eigenvalue weighted by Gasteiger charge is 2.40. The quantitative estimate of drug-likeness (QED) is 0.279. The number of hydrogen-bond donors (Lipinski definition) is 2. The Labute approximate surface area is 145 Å². The highest BCUT2D eigenvalue weighted by molar-refractivity contribution is 14.0. The number of guanidine groups is 1. The van der Waals surface area contributed by atoms with Gasteiger partial charge in [0.2, 0.25) is 0 Å². The average molecular weight is 411 g/mol. The first-order valence-electron chi connectivity index (χ1n) is 8.04. The molecule has 2 N–H and O–H groups in total. The van der Waals surface area contributed by atoms with Crippen molar-refractivity contribution in [3.8, 4) is 0 Å². The van der Waals surface area contributed by atoms with E-state index < -0.39 is 0 Å². The van der Waals surface area contributed by atoms with E-state index in [2.05, 4.69) is 22.5 Å². The summed E-state index contributed by atoms with van der Waals surface area (Å²) in [5.74, 6) is 0.889. The van der Waals surface area contributed by atoms with Crippen LogP contribution in [0.1, 0.15) is 45.4 Å². The van der Waals surface area contributed by atoms with Crippen molar-refractivity contribution < 1.29 is 9.47 Å². The normalized spacial score (nSPS) is 27.5. The van der Waals surface area contributed by atoms with Crippen LogP contribution in [0.25, 0.3) is 0 Å². The van der Waals surface area contributed by atoms with Gasteiger partial charge in [-0.25, -0.2) is 0 Å². The molecular weight excluding hydrogens is 381 g/mol. The Kier molecular flexibility index (Phi) is 9.59. The third kappa shape index (κ3) is 6.28. The van der Waals surface area contributed by atoms with E-state index in [1.54, 1.807) is 0 Å². The SMILES string of the molecule is CCCCOCCCNC(=NC)NC1CC2CCC1O2.I. The van der Waals surface area contributed by atoms with Gasteiger partial charge in [-0.1, -0.05) is 13.3 Å². The summed E-state index contributed by atoms with van der Waals surface area (Å²) in [5, 5.41) is 6.83. The first kappa shape index (κ1) is 19.0. The molecule has 0 spiro atoms. The van der Waals surface area contributed by atoms with Crippen LogP contribution in [0.4, 0.5) is 0 Å². The predicted octanol–water partition coefficient (Wildman–Crippen LogP) is 2.30. The number of fused-ring (bicyclic) bond motifs is 2. The van der Waals surface area contributed by atoms with Crippen molar-refractivity contribution in [3.05, 3.63) is 0 Å². The van der Waals surface area contributed by atoms with E-state index in [9.17, 15) is 0 Å². The molecule has 21 heavy (non-hydrogen) atoms. The van der Waals surface area contributed by atoms with Crippen LogP contribution in [-0.4, -0.2) is 51.0 Å². The summed E-state index contributed by atoms with van der Waals surface area (Å²) in [6.45, 7) is 4.78. The molecule has 0 saturated carbocycles. The molecule has 2 bridgehead atoms. The topological polar surface area (TPSA) is 54.9 Å². The maximum absolute atomic E-state index is 5.85. The molecule has 0 aliphatic carbocycles. The maximum atomic E-state index is 5.85. The summed E-state index contributed by atoms with van der Waals surface area (Å²) < 4.78 is 11.4. The number of unbranched alkanes of at least 4 members (excludes halogenated alkanes) is 1. The van der Waals surface area contributed by atoms with Gasteiger partial charge in [0.05, 0.1) is 18.2 Å². The van der Waals surface area contributed by atoms with Gasteiger partial charge in [0.1, 0.15) is 0 Å². The highest BCUT2D eigenvalue weighted by atomic mass is 127. The first-order valence-corrected chi connectivity index (χ1v) is 8.04. The number of ether oxygens (including phenoxy) is 2. The zero-order valence-corrected chi connectivity index (χ0v) is 15.6. The Morgan fingerprint density at radius 1 is 1.29 bits per heavy atom. The average Bonchev–Trinajstić information content (AvgIpc) is 3.07. The molecule has 2 saturated heterocycles. The van der Waals surface area contributed by atoms with Crippen LogP contribution in [0.15, 0.2) is 4.99 Å². The van der Waals surface area contributed by atoms with E-state index in [0.717, 1.165) is 45.0 Å². The van der Waals surface area contributed by atoms with Crippen LogP contribution in [0, 0.1) is 0 Å². The summed E-state index contributed by atoms with van der Waals surface area (Å²) >= 11 is 0. The molecule has 5 nitrogen and oxygen atoms in total. The lowest BCUT2D eigenvalue weighted by molar-refractivity contribution is 0.0992. The standard InChI is InChI=1S/C15H29N3O2.HI/c1-3-4-9-19-10-5-8-17-15(16-2)18-13-11-12-6-7-14(13)20-12;/h12-14H,3-11H2,1-2H3,(H2,16,17,18);1H. The van der Waals surface area contributed by atoms with E-state index in [1.165, 1.54) is 19.3 Å². The number of nitrogens with zero attached hydrogens (tertiary/aromatic N) is 1. The number of rotatable bonds is 8. The molecule has 3 unspecified atom stereocenters. The lowest BCUT2D eigenvalue weighted by Crippen LogP contribution is -2.47. The lowest BCUT2D eigenvalue weighted by Gasteiger charge is -2.22. The van der Waals surface area contributed by atoms with Crippen LogP contribution in [-0.2, 0) is 9.47 Å². The smallest absolute Gasteiger partial charge is 0.191 e. The molecule has 2 fully saturated rings. The van der Waals surface area contributed by atoms with Crippen molar-refractivity contribution in [2.24, 2.45) is 4.99 Å². The first-order chi connectivity index (χ1) is 9.83. The van der Waals surface area contributed by atoms with Gasteiger partial charge in [0.25, 0.3) is 0 Å². The van der Waals surface area contributed by atoms with Gasteiger partial charge in [0, 0.05) is 26.8 Å². The summed E-state index contributed by atoms with van der Waals surface area (Å²) in [7, 11) is 1.82. The summed E-state index contributed by atoms with van der Waals surface area (Å²) in [4.78, 5) is 4.28. The molecule has 3 atom stereocenters. The molecule has 2 rings (SSSR count). The van der Waals surface area contributed by atoms with Crippen LogP contribution < -0.4 is 10.6 Å². The zero-order chi connectivity index (χ0) is 14.2. The van der Waals surface area contributed by atoms with Gasteiger partial charge in [-0.15, -0.1) is 24.0 Å². The maximum Gasteiger partial charge on any atom is 0.191 e. The lowest BCUT2D eigenvalue weighted by atomic mass is 9.96. The molecule has 2 aliphatic heterocycles. The minimum absolute atomic E-state index is 0. The Bertz CT molecular complexity index is 315. The van der Waals surface area contributed by atoms with Crippen molar-refractivity contribution in [1.29, 1.82) is 0 Å². The van der Waals surface area contributed by atoms with Crippen molar-refractivity contribution in [1.82, 2.24) is 10.6 Å². The predicted molar refractivity (Wildman–Crippen MR) is 96.6 cm³/mol. The number of nitrogens with one attached hydrogen (secondary N) is 2. The molecular formula is C15H30IN3O2. The van der Waals surface area contributed by atoms with Crippen LogP contribution in [0.3, 0.4) is 0 Å². The fraction of sp³-hybridized carbons (Fsp3) is 0.933. The number of hydrogen-bond acceptors (Lipinski definition) is 3. The highest BCUT2D eigenvalue weighted by Crippen LogP contribution is 2.34. The fourth-order valence-electron chi connectivity index (χ4n) is 2.89. The largest absolute Gasteiger partial charge is 0.381 e. The van der Waals surface area contributed by atoms with Crippen LogP contribution in [0.2, 0.25) is 0 Å². The summed E-state index contributed by atoms with van der Waals surface area (Å²) in [6.07, 6.45) is 7.75. The Balaban J connectivity index is 0.00000220. The van der Waals surface area contributed by atoms with Gasteiger partial charge in [-0.05, 0) is 32.1 Å². The fourth-order valence-corrected chi connectivity index (χ4v) is 2.89. The van der Waals surface area contributed by atoms with Gasteiger partial charge < -0.3 is 20.1 Å². The second-order valence-corrected chi connectivity index (χ2v) is 5.68. The molecule has 0 radical (unpaired) electrons. The van der Waals surface area contributed by atoms with Gasteiger partial charge in [-0.2, -0.15) is 0 Å². The van der Waals surface area contributed by atoms with Gasteiger partial charge in [-0.3, -0.25) is 4.99 Å². The molecule has 0 amide bonds. The molecule has 0 aromatic carbocycles. The van der Waals surface area contributed by atoms with Crippen molar-refractivity contribution in [3.63, 3.8) is 0 Å². The minimum Gasteiger partial charge on any atom is -0.381 e.